The number of nitrogens with zero attached hydrogens (tertiary/aromatic N) is 3. The van der Waals surface area contributed by atoms with Crippen LogP contribution in [0.3, 0.4) is 0 Å². The summed E-state index contributed by atoms with van der Waals surface area (Å²) in [4.78, 5) is 19.3. The van der Waals surface area contributed by atoms with Crippen molar-refractivity contribution < 1.29 is 26.7 Å². The fraction of sp³-hybridized carbons (Fsp3) is 0.353. The van der Waals surface area contributed by atoms with Crippen LogP contribution in [0.2, 0.25) is 0 Å². The molecule has 0 aliphatic heterocycles. The summed E-state index contributed by atoms with van der Waals surface area (Å²) in [6.07, 6.45) is -2.32. The Balaban J connectivity index is 2.03. The van der Waals surface area contributed by atoms with E-state index >= 15 is 0 Å². The quantitative estimate of drug-likeness (QED) is 0.306. The number of rotatable bonds is 3. The van der Waals surface area contributed by atoms with Crippen molar-refractivity contribution >= 4 is 22.6 Å². The average Bonchev–Trinajstić information content (AvgIpc) is 3.03. The first-order chi connectivity index (χ1) is 13.1. The molecule has 28 heavy (non-hydrogen) atoms. The number of fused-ring (bicyclic) bond motifs is 3. The zero-order valence-electron chi connectivity index (χ0n) is 14.2. The largest absolute Gasteiger partial charge is 0.459 e. The Morgan fingerprint density at radius 1 is 1.18 bits per heavy atom. The van der Waals surface area contributed by atoms with Crippen molar-refractivity contribution in [2.75, 3.05) is 0 Å². The number of alkyl halides is 5. The van der Waals surface area contributed by atoms with Crippen LogP contribution in [0.15, 0.2) is 24.4 Å². The molecule has 0 spiro atoms. The molecule has 3 aromatic heterocycles. The summed E-state index contributed by atoms with van der Waals surface area (Å²) in [5.74, 6) is -0.896. The van der Waals surface area contributed by atoms with Gasteiger partial charge in [0, 0.05) is 11.6 Å². The zero-order chi connectivity index (χ0) is 20.3. The molecule has 11 heteroatoms. The molecule has 3 N–H and O–H groups in total. The van der Waals surface area contributed by atoms with Gasteiger partial charge in [0.15, 0.2) is 0 Å². The van der Waals surface area contributed by atoms with Gasteiger partial charge in [-0.05, 0) is 42.5 Å². The van der Waals surface area contributed by atoms with E-state index in [4.69, 9.17) is 5.84 Å². The highest BCUT2D eigenvalue weighted by molar-refractivity contribution is 5.93. The molecule has 3 heterocycles. The third-order valence-corrected chi connectivity index (χ3v) is 5.02. The summed E-state index contributed by atoms with van der Waals surface area (Å²) in [7, 11) is 0. The molecule has 3 aromatic rings. The topological polar surface area (TPSA) is 85.3 Å². The summed E-state index contributed by atoms with van der Waals surface area (Å²) >= 11 is 0. The summed E-state index contributed by atoms with van der Waals surface area (Å²) in [5.41, 5.74) is 0.835. The van der Waals surface area contributed by atoms with Crippen LogP contribution >= 0.6 is 0 Å². The van der Waals surface area contributed by atoms with E-state index in [9.17, 15) is 26.7 Å². The van der Waals surface area contributed by atoms with Gasteiger partial charge in [-0.3, -0.25) is 14.6 Å². The van der Waals surface area contributed by atoms with Gasteiger partial charge in [0.25, 0.3) is 5.91 Å². The van der Waals surface area contributed by atoms with E-state index in [1.807, 2.05) is 5.43 Å². The normalized spacial score (nSPS) is 15.8. The van der Waals surface area contributed by atoms with Crippen molar-refractivity contribution in [2.24, 2.45) is 5.84 Å². The maximum absolute atomic E-state index is 14.1. The summed E-state index contributed by atoms with van der Waals surface area (Å²) < 4.78 is 68.1. The van der Waals surface area contributed by atoms with Gasteiger partial charge < -0.3 is 0 Å². The standard InChI is InChI=1S/C17H14F5N5O/c18-16(19,17(20,21)22)12-6-10(8-2-1-3-8)9-4-5-13-24-11(15(28)26-23)7-27(13)14(9)25-12/h4-8H,1-3,23H2,(H,26,28). The molecule has 0 atom stereocenters. The third-order valence-electron chi connectivity index (χ3n) is 5.02. The van der Waals surface area contributed by atoms with Gasteiger partial charge in [0.05, 0.1) is 0 Å². The Bertz CT molecular complexity index is 1090. The van der Waals surface area contributed by atoms with Gasteiger partial charge in [0.2, 0.25) is 0 Å². The van der Waals surface area contributed by atoms with Crippen molar-refractivity contribution in [2.45, 2.75) is 37.3 Å². The number of hydrogen-bond acceptors (Lipinski definition) is 4. The molecule has 1 amide bonds. The van der Waals surface area contributed by atoms with Crippen LogP contribution in [0.1, 0.15) is 46.9 Å². The number of halogens is 5. The summed E-state index contributed by atoms with van der Waals surface area (Å²) in [5, 5.41) is 0.441. The lowest BCUT2D eigenvalue weighted by atomic mass is 9.78. The minimum atomic E-state index is -5.78. The minimum absolute atomic E-state index is 0.116. The van der Waals surface area contributed by atoms with E-state index in [-0.39, 0.29) is 22.9 Å². The predicted molar refractivity (Wildman–Crippen MR) is 88.7 cm³/mol. The molecular formula is C17H14F5N5O. The molecule has 0 aromatic carbocycles. The molecule has 4 rings (SSSR count). The number of carbonyl (C=O) groups excluding carboxylic acids is 1. The van der Waals surface area contributed by atoms with Crippen molar-refractivity contribution in [3.8, 4) is 0 Å². The monoisotopic (exact) mass is 399 g/mol. The lowest BCUT2D eigenvalue weighted by Crippen LogP contribution is -2.35. The summed E-state index contributed by atoms with van der Waals surface area (Å²) in [6.45, 7) is 0. The average molecular weight is 399 g/mol. The maximum Gasteiger partial charge on any atom is 0.459 e. The molecule has 148 valence electrons. The predicted octanol–water partition coefficient (Wildman–Crippen LogP) is 3.41. The fourth-order valence-corrected chi connectivity index (χ4v) is 3.30. The smallest absolute Gasteiger partial charge is 0.289 e. The Labute approximate surface area is 154 Å². The maximum atomic E-state index is 14.1. The molecular weight excluding hydrogens is 385 g/mol. The Kier molecular flexibility index (Phi) is 4.03. The molecule has 0 saturated heterocycles. The number of pyridine rings is 2. The van der Waals surface area contributed by atoms with Crippen molar-refractivity contribution in [1.82, 2.24) is 19.8 Å². The molecule has 0 radical (unpaired) electrons. The van der Waals surface area contributed by atoms with E-state index < -0.39 is 23.7 Å². The molecule has 1 aliphatic carbocycles. The Hall–Kier alpha value is -2.82. The van der Waals surface area contributed by atoms with E-state index in [2.05, 4.69) is 9.97 Å². The Morgan fingerprint density at radius 3 is 2.46 bits per heavy atom. The second-order valence-corrected chi connectivity index (χ2v) is 6.70. The number of carbonyl (C=O) groups is 1. The minimum Gasteiger partial charge on any atom is -0.289 e. The number of hydrogen-bond donors (Lipinski definition) is 2. The zero-order valence-corrected chi connectivity index (χ0v) is 14.2. The number of nitrogens with two attached hydrogens (primary N) is 1. The number of amides is 1. The number of aromatic nitrogens is 3. The van der Waals surface area contributed by atoms with Crippen molar-refractivity contribution in [3.05, 3.63) is 41.3 Å². The van der Waals surface area contributed by atoms with E-state index in [0.29, 0.717) is 23.8 Å². The van der Waals surface area contributed by atoms with Crippen LogP contribution < -0.4 is 11.3 Å². The van der Waals surface area contributed by atoms with Gasteiger partial charge >= 0.3 is 12.1 Å². The number of nitrogens with one attached hydrogen (secondary N) is 1. The number of nitrogen functional groups attached to an aromatic ring is 1. The lowest BCUT2D eigenvalue weighted by molar-refractivity contribution is -0.290. The first-order valence-corrected chi connectivity index (χ1v) is 8.42. The summed E-state index contributed by atoms with van der Waals surface area (Å²) in [6, 6.07) is 3.95. The molecule has 0 bridgehead atoms. The molecule has 1 fully saturated rings. The van der Waals surface area contributed by atoms with Crippen LogP contribution in [0.4, 0.5) is 22.0 Å². The highest BCUT2D eigenvalue weighted by Gasteiger charge is 2.60. The number of imidazole rings is 1. The highest BCUT2D eigenvalue weighted by Crippen LogP contribution is 2.46. The molecule has 1 saturated carbocycles. The fourth-order valence-electron chi connectivity index (χ4n) is 3.30. The second kappa shape index (κ2) is 6.09. The molecule has 6 nitrogen and oxygen atoms in total. The van der Waals surface area contributed by atoms with Gasteiger partial charge in [-0.1, -0.05) is 6.42 Å². The second-order valence-electron chi connectivity index (χ2n) is 6.70. The molecule has 0 unspecified atom stereocenters. The first kappa shape index (κ1) is 18.5. The molecule has 1 aliphatic rings. The Morgan fingerprint density at radius 2 is 1.89 bits per heavy atom. The third kappa shape index (κ3) is 2.68. The van der Waals surface area contributed by atoms with E-state index in [1.165, 1.54) is 10.6 Å². The van der Waals surface area contributed by atoms with Crippen LogP contribution in [-0.2, 0) is 5.92 Å². The highest BCUT2D eigenvalue weighted by atomic mass is 19.4. The van der Waals surface area contributed by atoms with Gasteiger partial charge in [0.1, 0.15) is 22.7 Å². The van der Waals surface area contributed by atoms with Crippen molar-refractivity contribution in [1.29, 1.82) is 0 Å². The van der Waals surface area contributed by atoms with Gasteiger partial charge in [-0.2, -0.15) is 22.0 Å². The lowest BCUT2D eigenvalue weighted by Gasteiger charge is -2.28. The van der Waals surface area contributed by atoms with Gasteiger partial charge in [-0.25, -0.2) is 15.8 Å². The van der Waals surface area contributed by atoms with Crippen molar-refractivity contribution in [3.63, 3.8) is 0 Å². The SMILES string of the molecule is NNC(=O)c1cn2c(ccc3c(C4CCC4)cc(C(F)(F)C(F)(F)F)nc32)n1. The van der Waals surface area contributed by atoms with Crippen LogP contribution in [-0.4, -0.2) is 26.5 Å². The first-order valence-electron chi connectivity index (χ1n) is 8.42. The van der Waals surface area contributed by atoms with E-state index in [0.717, 1.165) is 12.5 Å². The van der Waals surface area contributed by atoms with Crippen LogP contribution in [0.5, 0.6) is 0 Å². The van der Waals surface area contributed by atoms with Crippen LogP contribution in [0.25, 0.3) is 16.7 Å². The van der Waals surface area contributed by atoms with E-state index in [1.54, 1.807) is 12.1 Å². The van der Waals surface area contributed by atoms with Crippen LogP contribution in [0, 0.1) is 0 Å². The van der Waals surface area contributed by atoms with Gasteiger partial charge in [-0.15, -0.1) is 0 Å². The number of hydrazine groups is 1.